The van der Waals surface area contributed by atoms with Crippen LogP contribution in [0.15, 0.2) is 42.5 Å². The summed E-state index contributed by atoms with van der Waals surface area (Å²) in [7, 11) is 0. The van der Waals surface area contributed by atoms with Crippen molar-refractivity contribution in [1.29, 1.82) is 0 Å². The van der Waals surface area contributed by atoms with Crippen LogP contribution in [0.3, 0.4) is 0 Å². The van der Waals surface area contributed by atoms with E-state index in [1.165, 1.54) is 18.2 Å². The Labute approximate surface area is 109 Å². The first kappa shape index (κ1) is 12.6. The summed E-state index contributed by atoms with van der Waals surface area (Å²) in [6, 6.07) is 10.9. The lowest BCUT2D eigenvalue weighted by Gasteiger charge is -2.07. The molecule has 18 heavy (non-hydrogen) atoms. The molecule has 0 atom stereocenters. The molecule has 0 saturated carbocycles. The van der Waals surface area contributed by atoms with E-state index in [-0.39, 0.29) is 11.7 Å². The molecule has 2 nitrogen and oxygen atoms in total. The van der Waals surface area contributed by atoms with Crippen LogP contribution in [-0.2, 0) is 0 Å². The normalized spacial score (nSPS) is 10.2. The molecule has 0 saturated heterocycles. The lowest BCUT2D eigenvalue weighted by atomic mass is 10.1. The van der Waals surface area contributed by atoms with Gasteiger partial charge in [-0.2, -0.15) is 0 Å². The molecule has 0 aliphatic carbocycles. The summed E-state index contributed by atoms with van der Waals surface area (Å²) in [5.74, 6) is -0.620. The van der Waals surface area contributed by atoms with Gasteiger partial charge in [-0.1, -0.05) is 11.6 Å². The highest BCUT2D eigenvalue weighted by Crippen LogP contribution is 2.16. The third-order valence-corrected chi connectivity index (χ3v) is 2.79. The van der Waals surface area contributed by atoms with Crippen LogP contribution < -0.4 is 5.32 Å². The maximum Gasteiger partial charge on any atom is 0.255 e. The zero-order chi connectivity index (χ0) is 13.1. The first-order valence-corrected chi connectivity index (χ1v) is 5.77. The molecule has 4 heteroatoms. The third-order valence-electron chi connectivity index (χ3n) is 2.54. The Morgan fingerprint density at radius 2 is 1.83 bits per heavy atom. The van der Waals surface area contributed by atoms with Crippen molar-refractivity contribution in [1.82, 2.24) is 0 Å². The van der Waals surface area contributed by atoms with E-state index in [2.05, 4.69) is 5.32 Å². The first-order chi connectivity index (χ1) is 8.56. The van der Waals surface area contributed by atoms with Gasteiger partial charge in [0.15, 0.2) is 0 Å². The number of halogens is 2. The second kappa shape index (κ2) is 5.19. The molecule has 2 aromatic rings. The Balaban J connectivity index is 2.19. The summed E-state index contributed by atoms with van der Waals surface area (Å²) in [6.45, 7) is 1.69. The predicted molar refractivity (Wildman–Crippen MR) is 70.5 cm³/mol. The van der Waals surface area contributed by atoms with E-state index in [4.69, 9.17) is 11.6 Å². The quantitative estimate of drug-likeness (QED) is 0.870. The summed E-state index contributed by atoms with van der Waals surface area (Å²) < 4.78 is 12.9. The summed E-state index contributed by atoms with van der Waals surface area (Å²) in [6.07, 6.45) is 0. The van der Waals surface area contributed by atoms with E-state index in [1.807, 2.05) is 0 Å². The Kier molecular flexibility index (Phi) is 3.63. The molecule has 0 spiro atoms. The topological polar surface area (TPSA) is 29.1 Å². The molecule has 2 rings (SSSR count). The molecule has 0 radical (unpaired) electrons. The molecule has 0 aliphatic heterocycles. The van der Waals surface area contributed by atoms with Crippen molar-refractivity contribution < 1.29 is 9.18 Å². The monoisotopic (exact) mass is 263 g/mol. The molecule has 0 bridgehead atoms. The van der Waals surface area contributed by atoms with Gasteiger partial charge in [-0.3, -0.25) is 4.79 Å². The van der Waals surface area contributed by atoms with Crippen LogP contribution in [0.4, 0.5) is 10.1 Å². The number of nitrogens with one attached hydrogen (secondary N) is 1. The van der Waals surface area contributed by atoms with Crippen LogP contribution in [0.5, 0.6) is 0 Å². The minimum Gasteiger partial charge on any atom is -0.322 e. The van der Waals surface area contributed by atoms with E-state index < -0.39 is 0 Å². The van der Waals surface area contributed by atoms with E-state index in [1.54, 1.807) is 31.2 Å². The van der Waals surface area contributed by atoms with Gasteiger partial charge in [0.05, 0.1) is 0 Å². The number of hydrogen-bond acceptors (Lipinski definition) is 1. The van der Waals surface area contributed by atoms with Crippen molar-refractivity contribution in [3.8, 4) is 0 Å². The van der Waals surface area contributed by atoms with Gasteiger partial charge in [0.1, 0.15) is 5.82 Å². The van der Waals surface area contributed by atoms with Crippen molar-refractivity contribution in [2.75, 3.05) is 5.32 Å². The molecule has 1 N–H and O–H groups in total. The predicted octanol–water partition coefficient (Wildman–Crippen LogP) is 4.04. The molecule has 0 aromatic heterocycles. The summed E-state index contributed by atoms with van der Waals surface area (Å²) in [5.41, 5.74) is 1.70. The minimum atomic E-state index is -0.351. The fourth-order valence-electron chi connectivity index (χ4n) is 1.61. The van der Waals surface area contributed by atoms with Gasteiger partial charge in [-0.15, -0.1) is 0 Å². The molecule has 0 aliphatic rings. The molecule has 0 heterocycles. The van der Waals surface area contributed by atoms with Gasteiger partial charge < -0.3 is 5.32 Å². The summed E-state index contributed by atoms with van der Waals surface area (Å²) in [4.78, 5) is 12.0. The van der Waals surface area contributed by atoms with E-state index >= 15 is 0 Å². The fraction of sp³-hybridized carbons (Fsp3) is 0.0714. The largest absolute Gasteiger partial charge is 0.322 e. The van der Waals surface area contributed by atoms with Crippen molar-refractivity contribution in [2.24, 2.45) is 0 Å². The zero-order valence-electron chi connectivity index (χ0n) is 9.71. The highest BCUT2D eigenvalue weighted by atomic mass is 35.5. The van der Waals surface area contributed by atoms with Gasteiger partial charge >= 0.3 is 0 Å². The smallest absolute Gasteiger partial charge is 0.255 e. The van der Waals surface area contributed by atoms with E-state index in [9.17, 15) is 9.18 Å². The molecule has 92 valence electrons. The summed E-state index contributed by atoms with van der Waals surface area (Å²) >= 11 is 5.75. The Morgan fingerprint density at radius 1 is 1.17 bits per heavy atom. The number of benzene rings is 2. The lowest BCUT2D eigenvalue weighted by molar-refractivity contribution is 0.102. The van der Waals surface area contributed by atoms with Gasteiger partial charge in [-0.05, 0) is 55.0 Å². The Bertz CT molecular complexity index is 581. The second-order valence-corrected chi connectivity index (χ2v) is 4.36. The summed E-state index contributed by atoms with van der Waals surface area (Å²) in [5, 5.41) is 3.33. The number of carbonyl (C=O) groups is 1. The molecule has 1 amide bonds. The number of anilines is 1. The van der Waals surface area contributed by atoms with Crippen molar-refractivity contribution in [2.45, 2.75) is 6.92 Å². The molecule has 0 fully saturated rings. The van der Waals surface area contributed by atoms with Crippen LogP contribution in [0.1, 0.15) is 15.9 Å². The van der Waals surface area contributed by atoms with E-state index in [0.717, 1.165) is 0 Å². The molecular weight excluding hydrogens is 253 g/mol. The number of amides is 1. The number of carbonyl (C=O) groups excluding carboxylic acids is 1. The third kappa shape index (κ3) is 2.87. The minimum absolute atomic E-state index is 0.269. The fourth-order valence-corrected chi connectivity index (χ4v) is 1.74. The average molecular weight is 264 g/mol. The van der Waals surface area contributed by atoms with Crippen LogP contribution >= 0.6 is 11.6 Å². The Morgan fingerprint density at radius 3 is 2.44 bits per heavy atom. The number of aryl methyl sites for hydroxylation is 1. The van der Waals surface area contributed by atoms with Gasteiger partial charge in [0, 0.05) is 16.3 Å². The van der Waals surface area contributed by atoms with Gasteiger partial charge in [-0.25, -0.2) is 4.39 Å². The molecular formula is C14H11ClFNO. The second-order valence-electron chi connectivity index (χ2n) is 3.92. The Hall–Kier alpha value is -1.87. The maximum absolute atomic E-state index is 12.9. The molecule has 2 aromatic carbocycles. The van der Waals surface area contributed by atoms with Crippen molar-refractivity contribution >= 4 is 23.2 Å². The number of rotatable bonds is 2. The highest BCUT2D eigenvalue weighted by Gasteiger charge is 2.09. The van der Waals surface area contributed by atoms with Crippen LogP contribution in [0.2, 0.25) is 5.02 Å². The van der Waals surface area contributed by atoms with E-state index in [0.29, 0.717) is 21.8 Å². The maximum atomic E-state index is 12.9. The highest BCUT2D eigenvalue weighted by molar-refractivity contribution is 6.30. The van der Waals surface area contributed by atoms with Gasteiger partial charge in [0.25, 0.3) is 5.91 Å². The zero-order valence-corrected chi connectivity index (χ0v) is 10.5. The van der Waals surface area contributed by atoms with Gasteiger partial charge in [0.2, 0.25) is 0 Å². The van der Waals surface area contributed by atoms with Crippen molar-refractivity contribution in [3.63, 3.8) is 0 Å². The van der Waals surface area contributed by atoms with Crippen LogP contribution in [0.25, 0.3) is 0 Å². The van der Waals surface area contributed by atoms with Crippen LogP contribution in [-0.4, -0.2) is 5.91 Å². The van der Waals surface area contributed by atoms with Crippen LogP contribution in [0, 0.1) is 12.7 Å². The SMILES string of the molecule is Cc1cc(F)ccc1C(=O)Nc1ccc(Cl)cc1. The standard InChI is InChI=1S/C14H11ClFNO/c1-9-8-11(16)4-7-13(9)14(18)17-12-5-2-10(15)3-6-12/h2-8H,1H3,(H,17,18). The van der Waals surface area contributed by atoms with Crippen molar-refractivity contribution in [3.05, 3.63) is 64.4 Å². The first-order valence-electron chi connectivity index (χ1n) is 5.39. The number of hydrogen-bond donors (Lipinski definition) is 1. The molecule has 0 unspecified atom stereocenters. The lowest BCUT2D eigenvalue weighted by Crippen LogP contribution is -2.13. The average Bonchev–Trinajstić information content (AvgIpc) is 2.32.